The fourth-order valence-electron chi connectivity index (χ4n) is 4.58. The maximum atomic E-state index is 12.8. The first-order valence-electron chi connectivity index (χ1n) is 15.1. The van der Waals surface area contributed by atoms with Crippen LogP contribution < -0.4 is 14.2 Å². The molecule has 0 amide bonds. The van der Waals surface area contributed by atoms with Crippen molar-refractivity contribution in [2.45, 2.75) is 14.7 Å². The van der Waals surface area contributed by atoms with Crippen molar-refractivity contribution in [1.29, 1.82) is 0 Å². The van der Waals surface area contributed by atoms with Crippen LogP contribution in [0.2, 0.25) is 0 Å². The number of sulfonamides is 3. The third kappa shape index (κ3) is 11.3. The Morgan fingerprint density at radius 2 is 0.722 bits per heavy atom. The van der Waals surface area contributed by atoms with Crippen molar-refractivity contribution in [2.24, 2.45) is 0 Å². The number of benzene rings is 6. The van der Waals surface area contributed by atoms with E-state index in [9.17, 15) is 25.3 Å². The molecule has 0 bridgehead atoms. The van der Waals surface area contributed by atoms with E-state index in [1.807, 2.05) is 30.3 Å². The Morgan fingerprint density at radius 3 is 1.15 bits per heavy atom. The molecule has 0 radical (unpaired) electrons. The summed E-state index contributed by atoms with van der Waals surface area (Å²) in [6, 6.07) is 36.9. The molecular weight excluding hydrogens is 1150 g/mol. The molecule has 280 valence electrons. The van der Waals surface area contributed by atoms with Crippen LogP contribution in [0.15, 0.2) is 175 Å². The smallest absolute Gasteiger partial charge is 0.261 e. The van der Waals surface area contributed by atoms with E-state index >= 15 is 0 Å². The van der Waals surface area contributed by atoms with Crippen molar-refractivity contribution in [3.8, 4) is 11.1 Å². The summed E-state index contributed by atoms with van der Waals surface area (Å²) in [4.78, 5) is 0.291. The molecule has 0 heterocycles. The number of anilines is 3. The molecule has 18 heteroatoms. The monoisotopic (exact) mass is 1160 g/mol. The van der Waals surface area contributed by atoms with Gasteiger partial charge in [-0.3, -0.25) is 14.2 Å². The van der Waals surface area contributed by atoms with Gasteiger partial charge in [0.2, 0.25) is 0 Å². The molecule has 6 aromatic rings. The van der Waals surface area contributed by atoms with E-state index in [1.165, 1.54) is 36.4 Å². The Balaban J connectivity index is 0.000000213. The second kappa shape index (κ2) is 18.1. The van der Waals surface area contributed by atoms with Gasteiger partial charge >= 0.3 is 0 Å². The lowest BCUT2D eigenvalue weighted by Crippen LogP contribution is -2.17. The standard InChI is InChI=1S/C18H12Br4N2O4S2.C18H13Br2NO2S/c19-11-1-5-13(6-2-11)29(25,26)23-17-9-15(21)16(22)10-18(17)24-30(27,28)14-7-3-12(20)4-8-14;19-17-11-8-15(12-18(17)20)21-24(22,23)16-9-6-14(7-10-16)13-4-2-1-3-5-13/h1-10,23-24H;1-12,21H. The summed E-state index contributed by atoms with van der Waals surface area (Å²) in [6.45, 7) is 0. The van der Waals surface area contributed by atoms with Gasteiger partial charge in [0.1, 0.15) is 0 Å². The Kier molecular flexibility index (Phi) is 14.3. The SMILES string of the molecule is O=S(=O)(Nc1cc(Br)c(Br)cc1NS(=O)(=O)c1ccc(Br)cc1)c1ccc(Br)cc1.O=S(=O)(Nc1ccc(Br)c(Br)c1)c1ccc(-c2ccccc2)cc1. The number of halogens is 6. The molecule has 0 aliphatic rings. The Labute approximate surface area is 364 Å². The minimum atomic E-state index is -3.96. The number of hydrogen-bond donors (Lipinski definition) is 3. The summed E-state index contributed by atoms with van der Waals surface area (Å²) in [5, 5.41) is 0. The average Bonchev–Trinajstić information content (AvgIpc) is 3.13. The van der Waals surface area contributed by atoms with Gasteiger partial charge in [-0.25, -0.2) is 25.3 Å². The van der Waals surface area contributed by atoms with Gasteiger partial charge in [-0.2, -0.15) is 0 Å². The van der Waals surface area contributed by atoms with Gasteiger partial charge in [0.05, 0.1) is 31.7 Å². The molecule has 3 N–H and O–H groups in total. The quantitative estimate of drug-likeness (QED) is 0.125. The first-order valence-corrected chi connectivity index (χ1v) is 24.3. The molecule has 0 atom stereocenters. The first-order chi connectivity index (χ1) is 25.4. The highest BCUT2D eigenvalue weighted by molar-refractivity contribution is 9.13. The van der Waals surface area contributed by atoms with Crippen molar-refractivity contribution in [1.82, 2.24) is 0 Å². The molecule has 54 heavy (non-hydrogen) atoms. The fraction of sp³-hybridized carbons (Fsp3) is 0. The molecule has 6 rings (SSSR count). The Hall–Kier alpha value is -2.55. The third-order valence-corrected chi connectivity index (χ3v) is 16.2. The maximum Gasteiger partial charge on any atom is 0.261 e. The zero-order valence-electron chi connectivity index (χ0n) is 27.1. The van der Waals surface area contributed by atoms with E-state index in [2.05, 4.69) is 110 Å². The van der Waals surface area contributed by atoms with Crippen LogP contribution in [0.3, 0.4) is 0 Å². The van der Waals surface area contributed by atoms with Gasteiger partial charge in [0.25, 0.3) is 30.1 Å². The number of nitrogens with one attached hydrogen (secondary N) is 3. The van der Waals surface area contributed by atoms with Gasteiger partial charge in [0, 0.05) is 26.8 Å². The minimum Gasteiger partial charge on any atom is -0.280 e. The van der Waals surface area contributed by atoms with Crippen molar-refractivity contribution in [2.75, 3.05) is 14.2 Å². The molecule has 0 spiro atoms. The van der Waals surface area contributed by atoms with E-state index in [1.54, 1.807) is 66.7 Å². The number of hydrogen-bond acceptors (Lipinski definition) is 6. The predicted octanol–water partition coefficient (Wildman–Crippen LogP) is 12.0. The summed E-state index contributed by atoms with van der Waals surface area (Å²) in [5.41, 5.74) is 2.65. The Bertz CT molecular complexity index is 2520. The van der Waals surface area contributed by atoms with Crippen LogP contribution in [0.25, 0.3) is 11.1 Å². The fourth-order valence-corrected chi connectivity index (χ4v) is 9.61. The highest BCUT2D eigenvalue weighted by Crippen LogP contribution is 2.36. The average molecular weight is 1170 g/mol. The maximum absolute atomic E-state index is 12.8. The largest absolute Gasteiger partial charge is 0.280 e. The molecule has 6 aromatic carbocycles. The van der Waals surface area contributed by atoms with Crippen LogP contribution in [-0.2, 0) is 30.1 Å². The normalized spacial score (nSPS) is 11.6. The van der Waals surface area contributed by atoms with Gasteiger partial charge in [-0.15, -0.1) is 0 Å². The molecule has 0 aliphatic heterocycles. The molecule has 0 aliphatic carbocycles. The molecule has 9 nitrogen and oxygen atoms in total. The summed E-state index contributed by atoms with van der Waals surface area (Å²) in [5.74, 6) is 0. The van der Waals surface area contributed by atoms with Crippen LogP contribution in [0.1, 0.15) is 0 Å². The number of rotatable bonds is 10. The van der Waals surface area contributed by atoms with Crippen LogP contribution in [0, 0.1) is 0 Å². The van der Waals surface area contributed by atoms with Crippen molar-refractivity contribution in [3.63, 3.8) is 0 Å². The van der Waals surface area contributed by atoms with E-state index in [0.29, 0.717) is 14.6 Å². The zero-order valence-corrected chi connectivity index (χ0v) is 39.1. The van der Waals surface area contributed by atoms with Crippen molar-refractivity contribution < 1.29 is 25.3 Å². The zero-order chi connectivity index (χ0) is 39.3. The van der Waals surface area contributed by atoms with Gasteiger partial charge in [-0.05, 0) is 166 Å². The minimum absolute atomic E-state index is 0.0338. The van der Waals surface area contributed by atoms with Crippen LogP contribution in [-0.4, -0.2) is 25.3 Å². The predicted molar refractivity (Wildman–Crippen MR) is 236 cm³/mol. The van der Waals surface area contributed by atoms with Crippen LogP contribution >= 0.6 is 95.6 Å². The second-order valence-corrected chi connectivity index (χ2v) is 21.4. The lowest BCUT2D eigenvalue weighted by Gasteiger charge is -2.16. The summed E-state index contributed by atoms with van der Waals surface area (Å²) in [6.07, 6.45) is 0. The Morgan fingerprint density at radius 1 is 0.352 bits per heavy atom. The lowest BCUT2D eigenvalue weighted by atomic mass is 10.1. The van der Waals surface area contributed by atoms with Crippen LogP contribution in [0.4, 0.5) is 17.1 Å². The molecule has 0 unspecified atom stereocenters. The second-order valence-electron chi connectivity index (χ2n) is 11.1. The van der Waals surface area contributed by atoms with E-state index in [0.717, 1.165) is 29.0 Å². The molecule has 0 saturated heterocycles. The summed E-state index contributed by atoms with van der Waals surface area (Å²) >= 11 is 19.9. The summed E-state index contributed by atoms with van der Waals surface area (Å²) < 4.78 is 87.9. The van der Waals surface area contributed by atoms with E-state index in [4.69, 9.17) is 0 Å². The molecule has 0 aromatic heterocycles. The van der Waals surface area contributed by atoms with Gasteiger partial charge < -0.3 is 0 Å². The molecular formula is C36H25Br6N3O6S3. The van der Waals surface area contributed by atoms with Gasteiger partial charge in [-0.1, -0.05) is 74.3 Å². The van der Waals surface area contributed by atoms with E-state index in [-0.39, 0.29) is 26.1 Å². The van der Waals surface area contributed by atoms with Crippen molar-refractivity contribution in [3.05, 3.63) is 160 Å². The molecule has 0 fully saturated rings. The highest BCUT2D eigenvalue weighted by atomic mass is 79.9. The highest BCUT2D eigenvalue weighted by Gasteiger charge is 2.22. The van der Waals surface area contributed by atoms with E-state index < -0.39 is 30.1 Å². The summed E-state index contributed by atoms with van der Waals surface area (Å²) in [7, 11) is -11.5. The van der Waals surface area contributed by atoms with Crippen molar-refractivity contribution >= 4 is 143 Å². The van der Waals surface area contributed by atoms with Crippen LogP contribution in [0.5, 0.6) is 0 Å². The first kappa shape index (κ1) is 42.6. The van der Waals surface area contributed by atoms with Gasteiger partial charge in [0.15, 0.2) is 0 Å². The third-order valence-electron chi connectivity index (χ3n) is 7.24. The molecule has 0 saturated carbocycles. The topological polar surface area (TPSA) is 139 Å². The lowest BCUT2D eigenvalue weighted by molar-refractivity contribution is 0.599.